The molecule has 1 aromatic rings. The monoisotopic (exact) mass is 350 g/mol. The quantitative estimate of drug-likeness (QED) is 0.750. The van der Waals surface area contributed by atoms with E-state index < -0.39 is 0 Å². The molecular weight excluding hydrogens is 320 g/mol. The maximum Gasteiger partial charge on any atom is 0.248 e. The van der Waals surface area contributed by atoms with Crippen molar-refractivity contribution in [1.29, 1.82) is 0 Å². The van der Waals surface area contributed by atoms with Crippen LogP contribution in [0.25, 0.3) is 0 Å². The molecule has 6 nitrogen and oxygen atoms in total. The maximum atomic E-state index is 11.6. The SMILES string of the molecule is COc1cccc(CN2C[C@H](COCC(=O)N(C)C)OC(C)(C)C2)c1. The Morgan fingerprint density at radius 1 is 1.40 bits per heavy atom. The second kappa shape index (κ2) is 8.65. The third-order valence-corrected chi connectivity index (χ3v) is 4.12. The molecule has 0 N–H and O–H groups in total. The predicted molar refractivity (Wildman–Crippen MR) is 96.7 cm³/mol. The van der Waals surface area contributed by atoms with Crippen molar-refractivity contribution in [3.8, 4) is 5.75 Å². The van der Waals surface area contributed by atoms with Crippen molar-refractivity contribution >= 4 is 5.91 Å². The largest absolute Gasteiger partial charge is 0.497 e. The smallest absolute Gasteiger partial charge is 0.248 e. The van der Waals surface area contributed by atoms with Crippen molar-refractivity contribution in [3.63, 3.8) is 0 Å². The van der Waals surface area contributed by atoms with Crippen LogP contribution in [0.15, 0.2) is 24.3 Å². The normalized spacial score (nSPS) is 20.3. The standard InChI is InChI=1S/C19H30N2O4/c1-19(2)14-21(10-15-7-6-8-16(9-15)23-5)11-17(25-19)12-24-13-18(22)20(3)4/h6-9,17H,10-14H2,1-5H3/t17-/m1/s1. The highest BCUT2D eigenvalue weighted by atomic mass is 16.6. The molecule has 25 heavy (non-hydrogen) atoms. The van der Waals surface area contributed by atoms with E-state index in [0.717, 1.165) is 25.4 Å². The molecule has 140 valence electrons. The van der Waals surface area contributed by atoms with E-state index in [1.54, 1.807) is 21.2 Å². The average molecular weight is 350 g/mol. The lowest BCUT2D eigenvalue weighted by Gasteiger charge is -2.42. The number of hydrogen-bond acceptors (Lipinski definition) is 5. The number of morpholine rings is 1. The van der Waals surface area contributed by atoms with E-state index in [-0.39, 0.29) is 24.2 Å². The van der Waals surface area contributed by atoms with Gasteiger partial charge in [0, 0.05) is 33.7 Å². The van der Waals surface area contributed by atoms with Crippen LogP contribution in [0.5, 0.6) is 5.75 Å². The van der Waals surface area contributed by atoms with Gasteiger partial charge in [-0.3, -0.25) is 9.69 Å². The summed E-state index contributed by atoms with van der Waals surface area (Å²) in [5, 5.41) is 0. The van der Waals surface area contributed by atoms with Crippen molar-refractivity contribution in [2.45, 2.75) is 32.1 Å². The lowest BCUT2D eigenvalue weighted by molar-refractivity contribution is -0.161. The van der Waals surface area contributed by atoms with Gasteiger partial charge in [0.2, 0.25) is 5.91 Å². The van der Waals surface area contributed by atoms with Crippen LogP contribution < -0.4 is 4.74 Å². The fraction of sp³-hybridized carbons (Fsp3) is 0.632. The number of methoxy groups -OCH3 is 1. The lowest BCUT2D eigenvalue weighted by Crippen LogP contribution is -2.53. The first-order valence-corrected chi connectivity index (χ1v) is 8.60. The molecule has 0 radical (unpaired) electrons. The second-order valence-corrected chi connectivity index (χ2v) is 7.32. The zero-order valence-corrected chi connectivity index (χ0v) is 15.9. The lowest BCUT2D eigenvalue weighted by atomic mass is 10.0. The van der Waals surface area contributed by atoms with Gasteiger partial charge in [-0.1, -0.05) is 12.1 Å². The number of rotatable bonds is 7. The van der Waals surface area contributed by atoms with E-state index in [4.69, 9.17) is 14.2 Å². The van der Waals surface area contributed by atoms with Crippen LogP contribution in [-0.4, -0.2) is 74.9 Å². The van der Waals surface area contributed by atoms with Crippen LogP contribution in [0, 0.1) is 0 Å². The van der Waals surface area contributed by atoms with Crippen LogP contribution >= 0.6 is 0 Å². The molecule has 1 fully saturated rings. The number of ether oxygens (including phenoxy) is 3. The highest BCUT2D eigenvalue weighted by molar-refractivity contribution is 5.76. The molecule has 1 saturated heterocycles. The van der Waals surface area contributed by atoms with E-state index in [1.165, 1.54) is 10.5 Å². The molecule has 1 heterocycles. The first-order chi connectivity index (χ1) is 11.8. The number of carbonyl (C=O) groups is 1. The van der Waals surface area contributed by atoms with Gasteiger partial charge >= 0.3 is 0 Å². The molecule has 1 aliphatic rings. The molecule has 0 aliphatic carbocycles. The Bertz CT molecular complexity index is 574. The Labute approximate surface area is 150 Å². The fourth-order valence-electron chi connectivity index (χ4n) is 3.06. The number of nitrogens with zero attached hydrogens (tertiary/aromatic N) is 2. The number of carbonyl (C=O) groups excluding carboxylic acids is 1. The van der Waals surface area contributed by atoms with Gasteiger partial charge in [-0.15, -0.1) is 0 Å². The number of benzene rings is 1. The molecule has 0 aromatic heterocycles. The third-order valence-electron chi connectivity index (χ3n) is 4.12. The van der Waals surface area contributed by atoms with Gasteiger partial charge in [-0.25, -0.2) is 0 Å². The predicted octanol–water partition coefficient (Wildman–Crippen LogP) is 1.78. The molecule has 0 spiro atoms. The third kappa shape index (κ3) is 6.30. The summed E-state index contributed by atoms with van der Waals surface area (Å²) >= 11 is 0. The molecule has 1 atom stereocenters. The summed E-state index contributed by atoms with van der Waals surface area (Å²) in [5.41, 5.74) is 0.955. The molecule has 2 rings (SSSR count). The zero-order valence-electron chi connectivity index (χ0n) is 15.9. The Kier molecular flexibility index (Phi) is 6.81. The van der Waals surface area contributed by atoms with Gasteiger partial charge < -0.3 is 19.1 Å². The highest BCUT2D eigenvalue weighted by Gasteiger charge is 2.33. The highest BCUT2D eigenvalue weighted by Crippen LogP contribution is 2.23. The Morgan fingerprint density at radius 3 is 2.84 bits per heavy atom. The summed E-state index contributed by atoms with van der Waals surface area (Å²) in [6.45, 7) is 7.12. The summed E-state index contributed by atoms with van der Waals surface area (Å²) in [4.78, 5) is 15.5. The van der Waals surface area contributed by atoms with Crippen LogP contribution in [0.2, 0.25) is 0 Å². The average Bonchev–Trinajstić information content (AvgIpc) is 2.53. The van der Waals surface area contributed by atoms with Crippen molar-refractivity contribution in [3.05, 3.63) is 29.8 Å². The van der Waals surface area contributed by atoms with Gasteiger partial charge in [-0.2, -0.15) is 0 Å². The first kappa shape index (κ1) is 19.7. The molecule has 0 unspecified atom stereocenters. The molecular formula is C19H30N2O4. The topological polar surface area (TPSA) is 51.2 Å². The van der Waals surface area contributed by atoms with Gasteiger partial charge in [0.15, 0.2) is 0 Å². The van der Waals surface area contributed by atoms with Crippen molar-refractivity contribution in [2.24, 2.45) is 0 Å². The van der Waals surface area contributed by atoms with Crippen LogP contribution in [0.4, 0.5) is 0 Å². The van der Waals surface area contributed by atoms with E-state index >= 15 is 0 Å². The molecule has 1 amide bonds. The second-order valence-electron chi connectivity index (χ2n) is 7.32. The fourth-order valence-corrected chi connectivity index (χ4v) is 3.06. The number of hydrogen-bond donors (Lipinski definition) is 0. The minimum absolute atomic E-state index is 0.0386. The van der Waals surface area contributed by atoms with E-state index in [9.17, 15) is 4.79 Å². The Balaban J connectivity index is 1.92. The first-order valence-electron chi connectivity index (χ1n) is 8.60. The van der Waals surface area contributed by atoms with Crippen molar-refractivity contribution < 1.29 is 19.0 Å². The van der Waals surface area contributed by atoms with Crippen LogP contribution in [0.3, 0.4) is 0 Å². The summed E-state index contributed by atoms with van der Waals surface area (Å²) < 4.78 is 17.0. The summed E-state index contributed by atoms with van der Waals surface area (Å²) in [6.07, 6.45) is -0.0516. The summed E-state index contributed by atoms with van der Waals surface area (Å²) in [6, 6.07) is 8.12. The molecule has 0 bridgehead atoms. The van der Waals surface area contributed by atoms with E-state index in [0.29, 0.717) is 6.61 Å². The van der Waals surface area contributed by atoms with E-state index in [2.05, 4.69) is 30.9 Å². The van der Waals surface area contributed by atoms with Gasteiger partial charge in [0.1, 0.15) is 12.4 Å². The minimum atomic E-state index is -0.253. The summed E-state index contributed by atoms with van der Waals surface area (Å²) in [7, 11) is 5.13. The number of likely N-dealkylation sites (N-methyl/N-ethyl adjacent to an activating group) is 1. The summed E-state index contributed by atoms with van der Waals surface area (Å²) in [5.74, 6) is 0.829. The number of amides is 1. The Morgan fingerprint density at radius 2 is 2.16 bits per heavy atom. The zero-order chi connectivity index (χ0) is 18.4. The van der Waals surface area contributed by atoms with Gasteiger partial charge in [0.05, 0.1) is 25.4 Å². The van der Waals surface area contributed by atoms with Gasteiger partial charge in [0.25, 0.3) is 0 Å². The molecule has 1 aliphatic heterocycles. The molecule has 6 heteroatoms. The minimum Gasteiger partial charge on any atom is -0.497 e. The van der Waals surface area contributed by atoms with Crippen molar-refractivity contribution in [2.75, 3.05) is 47.5 Å². The molecule has 1 aromatic carbocycles. The van der Waals surface area contributed by atoms with Crippen LogP contribution in [-0.2, 0) is 20.8 Å². The van der Waals surface area contributed by atoms with Crippen molar-refractivity contribution in [1.82, 2.24) is 9.80 Å². The maximum absolute atomic E-state index is 11.6. The van der Waals surface area contributed by atoms with E-state index in [1.807, 2.05) is 12.1 Å². The van der Waals surface area contributed by atoms with Gasteiger partial charge in [-0.05, 0) is 31.5 Å². The Hall–Kier alpha value is -1.63. The molecule has 0 saturated carbocycles. The van der Waals surface area contributed by atoms with Crippen LogP contribution in [0.1, 0.15) is 19.4 Å².